The summed E-state index contributed by atoms with van der Waals surface area (Å²) < 4.78 is 6.88. The summed E-state index contributed by atoms with van der Waals surface area (Å²) in [5, 5.41) is 9.32. The van der Waals surface area contributed by atoms with E-state index in [0.717, 1.165) is 4.88 Å². The summed E-state index contributed by atoms with van der Waals surface area (Å²) in [5.74, 6) is -0.938. The zero-order valence-electron chi connectivity index (χ0n) is 14.1. The van der Waals surface area contributed by atoms with Crippen LogP contribution in [0, 0.1) is 0 Å². The van der Waals surface area contributed by atoms with E-state index in [-0.39, 0.29) is 18.6 Å². The van der Waals surface area contributed by atoms with Gasteiger partial charge in [-0.05, 0) is 31.4 Å². The average molecular weight is 358 g/mol. The molecular formula is C17H18N4O3S. The van der Waals surface area contributed by atoms with Gasteiger partial charge in [0.05, 0.1) is 27.7 Å². The SMILES string of the molecule is CNC(=O)COC(=O)c1cc(-c2cccs2)nc2c1cnn2C(C)C. The van der Waals surface area contributed by atoms with Crippen LogP contribution in [-0.4, -0.2) is 40.3 Å². The number of ether oxygens (including phenoxy) is 1. The number of pyridine rings is 1. The van der Waals surface area contributed by atoms with Crippen LogP contribution in [0.1, 0.15) is 30.2 Å². The lowest BCUT2D eigenvalue weighted by Gasteiger charge is -2.10. The fourth-order valence-electron chi connectivity index (χ4n) is 2.40. The number of likely N-dealkylation sites (N-methyl/N-ethyl adjacent to an activating group) is 1. The quantitative estimate of drug-likeness (QED) is 0.709. The number of aromatic nitrogens is 3. The molecule has 0 aliphatic carbocycles. The van der Waals surface area contributed by atoms with Crippen LogP contribution in [0.25, 0.3) is 21.6 Å². The molecule has 3 rings (SSSR count). The molecule has 0 aromatic carbocycles. The van der Waals surface area contributed by atoms with E-state index in [4.69, 9.17) is 4.74 Å². The minimum atomic E-state index is -0.572. The second-order valence-corrected chi connectivity index (χ2v) is 6.65. The zero-order valence-corrected chi connectivity index (χ0v) is 15.0. The third-order valence-corrected chi connectivity index (χ3v) is 4.55. The van der Waals surface area contributed by atoms with Crippen molar-refractivity contribution in [1.29, 1.82) is 0 Å². The Kier molecular flexibility index (Phi) is 4.80. The maximum Gasteiger partial charge on any atom is 0.339 e. The van der Waals surface area contributed by atoms with Gasteiger partial charge in [0.2, 0.25) is 0 Å². The van der Waals surface area contributed by atoms with Gasteiger partial charge >= 0.3 is 5.97 Å². The van der Waals surface area contributed by atoms with E-state index in [1.54, 1.807) is 16.9 Å². The number of amides is 1. The number of nitrogens with zero attached hydrogens (tertiary/aromatic N) is 3. The van der Waals surface area contributed by atoms with Gasteiger partial charge < -0.3 is 10.1 Å². The van der Waals surface area contributed by atoms with Crippen LogP contribution in [0.15, 0.2) is 29.8 Å². The van der Waals surface area contributed by atoms with Crippen LogP contribution in [0.3, 0.4) is 0 Å². The Hall–Kier alpha value is -2.74. The van der Waals surface area contributed by atoms with Gasteiger partial charge in [0.1, 0.15) is 0 Å². The molecule has 3 aromatic heterocycles. The third kappa shape index (κ3) is 3.39. The number of thiophene rings is 1. The van der Waals surface area contributed by atoms with Crippen molar-refractivity contribution in [2.45, 2.75) is 19.9 Å². The number of hydrogen-bond donors (Lipinski definition) is 1. The highest BCUT2D eigenvalue weighted by Crippen LogP contribution is 2.29. The number of nitrogens with one attached hydrogen (secondary N) is 1. The monoisotopic (exact) mass is 358 g/mol. The van der Waals surface area contributed by atoms with Crippen molar-refractivity contribution in [1.82, 2.24) is 20.1 Å². The van der Waals surface area contributed by atoms with Crippen molar-refractivity contribution in [3.05, 3.63) is 35.3 Å². The highest BCUT2D eigenvalue weighted by atomic mass is 32.1. The molecule has 8 heteroatoms. The molecule has 7 nitrogen and oxygen atoms in total. The van der Waals surface area contributed by atoms with E-state index < -0.39 is 5.97 Å². The Morgan fingerprint density at radius 3 is 2.84 bits per heavy atom. The highest BCUT2D eigenvalue weighted by Gasteiger charge is 2.20. The van der Waals surface area contributed by atoms with Crippen molar-refractivity contribution in [2.24, 2.45) is 0 Å². The van der Waals surface area contributed by atoms with Gasteiger partial charge in [-0.2, -0.15) is 5.10 Å². The van der Waals surface area contributed by atoms with Crippen LogP contribution >= 0.6 is 11.3 Å². The number of hydrogen-bond acceptors (Lipinski definition) is 6. The molecule has 0 aliphatic heterocycles. The average Bonchev–Trinajstić information content (AvgIpc) is 3.27. The lowest BCUT2D eigenvalue weighted by atomic mass is 10.1. The summed E-state index contributed by atoms with van der Waals surface area (Å²) in [7, 11) is 1.49. The van der Waals surface area contributed by atoms with Gasteiger partial charge in [0.25, 0.3) is 5.91 Å². The largest absolute Gasteiger partial charge is 0.452 e. The second kappa shape index (κ2) is 7.02. The molecule has 0 unspecified atom stereocenters. The number of rotatable bonds is 5. The standard InChI is InChI=1S/C17H18N4O3S/c1-10(2)21-16-12(8-19-21)11(17(23)24-9-15(22)18-3)7-13(20-16)14-5-4-6-25-14/h4-8,10H,9H2,1-3H3,(H,18,22). The van der Waals surface area contributed by atoms with E-state index in [0.29, 0.717) is 22.3 Å². The van der Waals surface area contributed by atoms with Gasteiger partial charge in [-0.15, -0.1) is 11.3 Å². The van der Waals surface area contributed by atoms with Gasteiger partial charge in [-0.3, -0.25) is 4.79 Å². The fraction of sp³-hybridized carbons (Fsp3) is 0.294. The molecule has 0 radical (unpaired) electrons. The van der Waals surface area contributed by atoms with Crippen molar-refractivity contribution in [2.75, 3.05) is 13.7 Å². The minimum absolute atomic E-state index is 0.0957. The summed E-state index contributed by atoms with van der Waals surface area (Å²) in [6.07, 6.45) is 1.61. The smallest absolute Gasteiger partial charge is 0.339 e. The Morgan fingerprint density at radius 1 is 1.40 bits per heavy atom. The van der Waals surface area contributed by atoms with E-state index in [1.165, 1.54) is 18.4 Å². The van der Waals surface area contributed by atoms with E-state index in [9.17, 15) is 9.59 Å². The highest BCUT2D eigenvalue weighted by molar-refractivity contribution is 7.13. The molecule has 130 valence electrons. The molecular weight excluding hydrogens is 340 g/mol. The topological polar surface area (TPSA) is 86.1 Å². The maximum absolute atomic E-state index is 12.5. The molecule has 0 bridgehead atoms. The lowest BCUT2D eigenvalue weighted by molar-refractivity contribution is -0.123. The first-order chi connectivity index (χ1) is 12.0. The van der Waals surface area contributed by atoms with Crippen molar-refractivity contribution < 1.29 is 14.3 Å². The summed E-state index contributed by atoms with van der Waals surface area (Å²) in [4.78, 5) is 29.5. The number of fused-ring (bicyclic) bond motifs is 1. The van der Waals surface area contributed by atoms with E-state index in [1.807, 2.05) is 31.4 Å². The van der Waals surface area contributed by atoms with Crippen molar-refractivity contribution >= 4 is 34.2 Å². The predicted octanol–water partition coefficient (Wildman–Crippen LogP) is 2.64. The van der Waals surface area contributed by atoms with Crippen LogP contribution in [0.4, 0.5) is 0 Å². The van der Waals surface area contributed by atoms with Crippen LogP contribution in [0.2, 0.25) is 0 Å². The first-order valence-corrected chi connectivity index (χ1v) is 8.69. The molecule has 3 heterocycles. The predicted molar refractivity (Wildman–Crippen MR) is 95.6 cm³/mol. The Morgan fingerprint density at radius 2 is 2.20 bits per heavy atom. The molecule has 0 saturated carbocycles. The number of carbonyl (C=O) groups excluding carboxylic acids is 2. The summed E-state index contributed by atoms with van der Waals surface area (Å²) >= 11 is 1.54. The normalized spacial score (nSPS) is 11.0. The Bertz CT molecular complexity index is 916. The van der Waals surface area contributed by atoms with Crippen molar-refractivity contribution in [3.63, 3.8) is 0 Å². The molecule has 0 spiro atoms. The molecule has 1 N–H and O–H groups in total. The van der Waals surface area contributed by atoms with Gasteiger partial charge in [0.15, 0.2) is 12.3 Å². The molecule has 0 fully saturated rings. The number of carbonyl (C=O) groups is 2. The van der Waals surface area contributed by atoms with Crippen LogP contribution < -0.4 is 5.32 Å². The molecule has 0 atom stereocenters. The fourth-order valence-corrected chi connectivity index (χ4v) is 3.08. The van der Waals surface area contributed by atoms with Gasteiger partial charge in [-0.25, -0.2) is 14.5 Å². The van der Waals surface area contributed by atoms with Crippen molar-refractivity contribution in [3.8, 4) is 10.6 Å². The van der Waals surface area contributed by atoms with E-state index in [2.05, 4.69) is 15.4 Å². The Balaban J connectivity index is 2.09. The first-order valence-electron chi connectivity index (χ1n) is 7.81. The molecule has 0 aliphatic rings. The third-order valence-electron chi connectivity index (χ3n) is 3.66. The lowest BCUT2D eigenvalue weighted by Crippen LogP contribution is -2.25. The molecule has 3 aromatic rings. The molecule has 0 saturated heterocycles. The maximum atomic E-state index is 12.5. The zero-order chi connectivity index (χ0) is 18.0. The van der Waals surface area contributed by atoms with Gasteiger partial charge in [0, 0.05) is 13.1 Å². The molecule has 25 heavy (non-hydrogen) atoms. The summed E-state index contributed by atoms with van der Waals surface area (Å²) in [6, 6.07) is 5.65. The summed E-state index contributed by atoms with van der Waals surface area (Å²) in [6.45, 7) is 3.66. The van der Waals surface area contributed by atoms with Gasteiger partial charge in [-0.1, -0.05) is 6.07 Å². The number of esters is 1. The van der Waals surface area contributed by atoms with Crippen LogP contribution in [0.5, 0.6) is 0 Å². The van der Waals surface area contributed by atoms with Crippen LogP contribution in [-0.2, 0) is 9.53 Å². The Labute approximate surface area is 148 Å². The first kappa shape index (κ1) is 17.1. The molecule has 1 amide bonds. The van der Waals surface area contributed by atoms with E-state index >= 15 is 0 Å². The second-order valence-electron chi connectivity index (χ2n) is 5.70. The minimum Gasteiger partial charge on any atom is -0.452 e. The summed E-state index contributed by atoms with van der Waals surface area (Å²) in [5.41, 5.74) is 1.65.